The Balaban J connectivity index is 1.93. The lowest BCUT2D eigenvalue weighted by Crippen LogP contribution is -2.35. The molecular formula is C20H26N2O2S. The fourth-order valence-corrected chi connectivity index (χ4v) is 3.46. The molecular weight excluding hydrogens is 332 g/mol. The van der Waals surface area contributed by atoms with Gasteiger partial charge in [-0.1, -0.05) is 30.3 Å². The number of hydrogen-bond acceptors (Lipinski definition) is 3. The van der Waals surface area contributed by atoms with Crippen molar-refractivity contribution in [1.82, 2.24) is 5.32 Å². The second-order valence-electron chi connectivity index (χ2n) is 6.04. The van der Waals surface area contributed by atoms with Crippen molar-refractivity contribution in [3.63, 3.8) is 0 Å². The van der Waals surface area contributed by atoms with Crippen LogP contribution in [-0.2, 0) is 16.6 Å². The van der Waals surface area contributed by atoms with Gasteiger partial charge in [0.1, 0.15) is 0 Å². The fraction of sp³-hybridized carbons (Fsp3) is 0.350. The number of rotatable bonds is 8. The Morgan fingerprint density at radius 1 is 1.16 bits per heavy atom. The molecule has 0 heterocycles. The number of benzene rings is 2. The summed E-state index contributed by atoms with van der Waals surface area (Å²) in [4.78, 5) is 14.6. The van der Waals surface area contributed by atoms with E-state index >= 15 is 0 Å². The van der Waals surface area contributed by atoms with Crippen LogP contribution in [0.4, 0.5) is 5.69 Å². The normalized spacial score (nSPS) is 11.8. The van der Waals surface area contributed by atoms with E-state index in [1.54, 1.807) is 12.3 Å². The van der Waals surface area contributed by atoms with Gasteiger partial charge in [-0.05, 0) is 43.2 Å². The minimum Gasteiger partial charge on any atom is -0.370 e. The smallest absolute Gasteiger partial charge is 0.251 e. The molecule has 0 aliphatic carbocycles. The van der Waals surface area contributed by atoms with Crippen LogP contribution in [0.1, 0.15) is 28.4 Å². The van der Waals surface area contributed by atoms with E-state index in [4.69, 9.17) is 0 Å². The summed E-state index contributed by atoms with van der Waals surface area (Å²) in [7, 11) is -0.913. The molecule has 0 saturated heterocycles. The number of para-hydroxylation sites is 1. The zero-order chi connectivity index (χ0) is 18.2. The highest BCUT2D eigenvalue weighted by Gasteiger charge is 2.09. The largest absolute Gasteiger partial charge is 0.370 e. The van der Waals surface area contributed by atoms with E-state index in [9.17, 15) is 9.00 Å². The molecule has 0 radical (unpaired) electrons. The molecule has 0 saturated carbocycles. The van der Waals surface area contributed by atoms with Crippen molar-refractivity contribution in [3.05, 3.63) is 65.2 Å². The molecule has 0 aliphatic heterocycles. The van der Waals surface area contributed by atoms with Crippen LogP contribution in [0.3, 0.4) is 0 Å². The van der Waals surface area contributed by atoms with Crippen LogP contribution in [-0.4, -0.2) is 36.0 Å². The summed E-state index contributed by atoms with van der Waals surface area (Å²) >= 11 is 0. The topological polar surface area (TPSA) is 49.4 Å². The average Bonchev–Trinajstić information content (AvgIpc) is 2.59. The van der Waals surface area contributed by atoms with E-state index in [0.29, 0.717) is 17.9 Å². The van der Waals surface area contributed by atoms with Crippen molar-refractivity contribution in [2.24, 2.45) is 0 Å². The number of carbonyl (C=O) groups is 1. The van der Waals surface area contributed by atoms with Crippen molar-refractivity contribution in [2.45, 2.75) is 19.6 Å². The highest BCUT2D eigenvalue weighted by molar-refractivity contribution is 7.83. The summed E-state index contributed by atoms with van der Waals surface area (Å²) in [5.74, 6) is 0.377. The van der Waals surface area contributed by atoms with Gasteiger partial charge in [0.05, 0.1) is 0 Å². The minimum absolute atomic E-state index is 0.0930. The fourth-order valence-electron chi connectivity index (χ4n) is 2.81. The lowest BCUT2D eigenvalue weighted by atomic mass is 10.1. The first-order valence-electron chi connectivity index (χ1n) is 8.49. The zero-order valence-electron chi connectivity index (χ0n) is 15.1. The maximum atomic E-state index is 12.4. The van der Waals surface area contributed by atoms with Gasteiger partial charge in [0.2, 0.25) is 0 Å². The number of likely N-dealkylation sites (N-methyl/N-ethyl adjacent to an activating group) is 1. The molecule has 0 fully saturated rings. The lowest BCUT2D eigenvalue weighted by Gasteiger charge is -2.25. The molecule has 0 unspecified atom stereocenters. The highest BCUT2D eigenvalue weighted by atomic mass is 32.2. The van der Waals surface area contributed by atoms with Crippen molar-refractivity contribution >= 4 is 22.4 Å². The van der Waals surface area contributed by atoms with Gasteiger partial charge in [-0.25, -0.2) is 0 Å². The molecule has 1 N–H and O–H groups in total. The van der Waals surface area contributed by atoms with Crippen LogP contribution in [0, 0.1) is 6.92 Å². The van der Waals surface area contributed by atoms with Crippen molar-refractivity contribution < 1.29 is 9.00 Å². The molecule has 134 valence electrons. The average molecular weight is 359 g/mol. The monoisotopic (exact) mass is 358 g/mol. The molecule has 4 nitrogen and oxygen atoms in total. The van der Waals surface area contributed by atoms with Crippen LogP contribution in [0.2, 0.25) is 0 Å². The second kappa shape index (κ2) is 9.37. The first kappa shape index (κ1) is 19.2. The molecule has 1 atom stereocenters. The Labute approximate surface area is 152 Å². The van der Waals surface area contributed by atoms with Gasteiger partial charge in [-0.15, -0.1) is 0 Å². The van der Waals surface area contributed by atoms with Gasteiger partial charge in [-0.2, -0.15) is 0 Å². The van der Waals surface area contributed by atoms with Gasteiger partial charge in [0, 0.05) is 53.7 Å². The van der Waals surface area contributed by atoms with Gasteiger partial charge in [0.25, 0.3) is 5.91 Å². The van der Waals surface area contributed by atoms with E-state index in [1.807, 2.05) is 30.3 Å². The van der Waals surface area contributed by atoms with Crippen LogP contribution in [0.5, 0.6) is 0 Å². The lowest BCUT2D eigenvalue weighted by molar-refractivity contribution is 0.0954. The Hall–Kier alpha value is -2.14. The number of hydrogen-bond donors (Lipinski definition) is 1. The molecule has 1 amide bonds. The molecule has 0 spiro atoms. The Morgan fingerprint density at radius 3 is 2.60 bits per heavy atom. The van der Waals surface area contributed by atoms with Crippen molar-refractivity contribution in [1.29, 1.82) is 0 Å². The van der Waals surface area contributed by atoms with E-state index in [-0.39, 0.29) is 5.91 Å². The van der Waals surface area contributed by atoms with Crippen molar-refractivity contribution in [3.8, 4) is 0 Å². The predicted molar refractivity (Wildman–Crippen MR) is 106 cm³/mol. The Bertz CT molecular complexity index is 746. The van der Waals surface area contributed by atoms with Gasteiger partial charge in [0.15, 0.2) is 0 Å². The number of nitrogens with zero attached hydrogens (tertiary/aromatic N) is 1. The third-order valence-corrected chi connectivity index (χ3v) is 4.80. The first-order chi connectivity index (χ1) is 12.0. The van der Waals surface area contributed by atoms with E-state index in [1.165, 1.54) is 11.3 Å². The molecule has 0 aliphatic rings. The Morgan fingerprint density at radius 2 is 1.92 bits per heavy atom. The molecule has 0 aromatic heterocycles. The summed E-state index contributed by atoms with van der Waals surface area (Å²) in [6.07, 6.45) is 1.66. The summed E-state index contributed by atoms with van der Waals surface area (Å²) < 4.78 is 11.3. The molecule has 25 heavy (non-hydrogen) atoms. The maximum Gasteiger partial charge on any atom is 0.251 e. The standard InChI is InChI=1S/C20H26N2O2S/c1-4-22(19-11-6-5-8-16(19)2)13-12-21-20(23)18-10-7-9-17(14-18)15-25(3)24/h5-11,14H,4,12-13,15H2,1-3H3,(H,21,23)/t25-/m1/s1. The minimum atomic E-state index is -0.913. The Kier molecular flexibility index (Phi) is 7.19. The second-order valence-corrected chi connectivity index (χ2v) is 7.48. The van der Waals surface area contributed by atoms with Crippen LogP contribution < -0.4 is 10.2 Å². The molecule has 2 aromatic rings. The summed E-state index contributed by atoms with van der Waals surface area (Å²) in [5, 5.41) is 2.98. The van der Waals surface area contributed by atoms with Crippen LogP contribution in [0.25, 0.3) is 0 Å². The third kappa shape index (κ3) is 5.71. The van der Waals surface area contributed by atoms with Crippen molar-refractivity contribution in [2.75, 3.05) is 30.8 Å². The van der Waals surface area contributed by atoms with Crippen LogP contribution in [0.15, 0.2) is 48.5 Å². The highest BCUT2D eigenvalue weighted by Crippen LogP contribution is 2.18. The predicted octanol–water partition coefficient (Wildman–Crippen LogP) is 3.13. The van der Waals surface area contributed by atoms with E-state index in [0.717, 1.165) is 18.7 Å². The molecule has 2 rings (SSSR count). The summed E-state index contributed by atoms with van der Waals surface area (Å²) in [6, 6.07) is 15.6. The van der Waals surface area contributed by atoms with Gasteiger partial charge < -0.3 is 10.2 Å². The van der Waals surface area contributed by atoms with Gasteiger partial charge >= 0.3 is 0 Å². The summed E-state index contributed by atoms with van der Waals surface area (Å²) in [6.45, 7) is 6.43. The quantitative estimate of drug-likeness (QED) is 0.789. The van der Waals surface area contributed by atoms with Crippen LogP contribution >= 0.6 is 0 Å². The number of anilines is 1. The SMILES string of the molecule is CCN(CCNC(=O)c1cccc(C[S@@](C)=O)c1)c1ccccc1C. The summed E-state index contributed by atoms with van der Waals surface area (Å²) in [5.41, 5.74) is 3.97. The maximum absolute atomic E-state index is 12.4. The van der Waals surface area contributed by atoms with E-state index in [2.05, 4.69) is 36.2 Å². The number of carbonyl (C=O) groups excluding carboxylic acids is 1. The number of amides is 1. The van der Waals surface area contributed by atoms with E-state index < -0.39 is 10.8 Å². The zero-order valence-corrected chi connectivity index (χ0v) is 15.9. The van der Waals surface area contributed by atoms with Gasteiger partial charge in [-0.3, -0.25) is 9.00 Å². The molecule has 5 heteroatoms. The molecule has 2 aromatic carbocycles. The number of nitrogens with one attached hydrogen (secondary N) is 1. The first-order valence-corrected chi connectivity index (χ1v) is 10.2. The molecule has 0 bridgehead atoms. The third-order valence-electron chi connectivity index (χ3n) is 4.06. The number of aryl methyl sites for hydroxylation is 1.